The van der Waals surface area contributed by atoms with Gasteiger partial charge in [0.05, 0.1) is 15.6 Å². The molecule has 0 bridgehead atoms. The number of phenols is 1. The first-order valence-electron chi connectivity index (χ1n) is 7.18. The fraction of sp³-hybridized carbons (Fsp3) is 0. The zero-order chi connectivity index (χ0) is 16.8. The summed E-state index contributed by atoms with van der Waals surface area (Å²) in [5, 5.41) is 11.7. The van der Waals surface area contributed by atoms with Crippen LogP contribution >= 0.6 is 23.2 Å². The Hall–Kier alpha value is -2.49. The highest BCUT2D eigenvalue weighted by Crippen LogP contribution is 2.38. The van der Waals surface area contributed by atoms with Gasteiger partial charge in [0.15, 0.2) is 11.5 Å². The molecular formula is C19H10Cl2O3. The molecule has 0 aromatic heterocycles. The van der Waals surface area contributed by atoms with Gasteiger partial charge in [-0.2, -0.15) is 0 Å². The molecule has 1 aliphatic rings. The number of rotatable bonds is 1. The van der Waals surface area contributed by atoms with Gasteiger partial charge in [0.1, 0.15) is 5.75 Å². The van der Waals surface area contributed by atoms with Crippen LogP contribution in [0.3, 0.4) is 0 Å². The van der Waals surface area contributed by atoms with Gasteiger partial charge in [-0.25, -0.2) is 0 Å². The summed E-state index contributed by atoms with van der Waals surface area (Å²) >= 11 is 11.8. The topological polar surface area (TPSA) is 46.5 Å². The average Bonchev–Trinajstić information content (AvgIpc) is 2.89. The number of phenolic OH excluding ortho intramolecular Hbond substituents is 1. The number of halogens is 2. The van der Waals surface area contributed by atoms with Gasteiger partial charge in [0, 0.05) is 0 Å². The van der Waals surface area contributed by atoms with E-state index in [4.69, 9.17) is 27.9 Å². The van der Waals surface area contributed by atoms with E-state index >= 15 is 0 Å². The summed E-state index contributed by atoms with van der Waals surface area (Å²) in [6.07, 6.45) is 1.56. The van der Waals surface area contributed by atoms with E-state index in [2.05, 4.69) is 0 Å². The molecule has 0 unspecified atom stereocenters. The Labute approximate surface area is 147 Å². The van der Waals surface area contributed by atoms with Crippen LogP contribution in [0.4, 0.5) is 0 Å². The molecular weight excluding hydrogens is 347 g/mol. The molecule has 0 aliphatic carbocycles. The molecule has 1 heterocycles. The number of aromatic hydroxyl groups is 1. The molecule has 0 atom stereocenters. The molecule has 1 aliphatic heterocycles. The number of Topliss-reactive ketones (excluding diaryl/α,β-unsaturated/α-hetero) is 1. The van der Waals surface area contributed by atoms with E-state index in [0.29, 0.717) is 16.9 Å². The molecule has 118 valence electrons. The van der Waals surface area contributed by atoms with Crippen LogP contribution in [0.15, 0.2) is 54.3 Å². The number of fused-ring (bicyclic) bond motifs is 3. The van der Waals surface area contributed by atoms with Crippen molar-refractivity contribution in [1.29, 1.82) is 0 Å². The van der Waals surface area contributed by atoms with Crippen molar-refractivity contribution in [2.75, 3.05) is 0 Å². The molecule has 3 aromatic carbocycles. The summed E-state index contributed by atoms with van der Waals surface area (Å²) in [5.41, 5.74) is 1.12. The second-order valence-electron chi connectivity index (χ2n) is 5.43. The summed E-state index contributed by atoms with van der Waals surface area (Å²) in [7, 11) is 0. The second kappa shape index (κ2) is 5.55. The fourth-order valence-electron chi connectivity index (χ4n) is 2.77. The predicted octanol–water partition coefficient (Wildman–Crippen LogP) is 5.47. The highest BCUT2D eigenvalue weighted by Gasteiger charge is 2.29. The van der Waals surface area contributed by atoms with Gasteiger partial charge in [0.2, 0.25) is 5.78 Å². The molecule has 0 fully saturated rings. The van der Waals surface area contributed by atoms with E-state index in [1.165, 1.54) is 12.1 Å². The summed E-state index contributed by atoms with van der Waals surface area (Å²) in [4.78, 5) is 12.7. The van der Waals surface area contributed by atoms with Crippen molar-refractivity contribution < 1.29 is 14.6 Å². The minimum atomic E-state index is -0.192. The molecule has 4 rings (SSSR count). The number of allylic oxidation sites excluding steroid dienone is 1. The summed E-state index contributed by atoms with van der Waals surface area (Å²) in [5.74, 6) is 0.343. The molecule has 3 nitrogen and oxygen atoms in total. The van der Waals surface area contributed by atoms with Crippen LogP contribution in [-0.2, 0) is 0 Å². The Bertz CT molecular complexity index is 1010. The fourth-order valence-corrected chi connectivity index (χ4v) is 3.28. The van der Waals surface area contributed by atoms with Crippen LogP contribution in [0.25, 0.3) is 16.8 Å². The highest BCUT2D eigenvalue weighted by atomic mass is 35.5. The minimum absolute atomic E-state index is 0.114. The van der Waals surface area contributed by atoms with Gasteiger partial charge in [0.25, 0.3) is 0 Å². The summed E-state index contributed by atoms with van der Waals surface area (Å²) in [6.45, 7) is 0. The lowest BCUT2D eigenvalue weighted by Gasteiger charge is -2.03. The van der Waals surface area contributed by atoms with Gasteiger partial charge in [-0.3, -0.25) is 4.79 Å². The van der Waals surface area contributed by atoms with Gasteiger partial charge >= 0.3 is 0 Å². The van der Waals surface area contributed by atoms with E-state index in [1.54, 1.807) is 12.1 Å². The third kappa shape index (κ3) is 2.33. The van der Waals surface area contributed by atoms with E-state index in [1.807, 2.05) is 30.3 Å². The maximum Gasteiger partial charge on any atom is 0.232 e. The molecule has 1 N–H and O–H groups in total. The Morgan fingerprint density at radius 3 is 2.46 bits per heavy atom. The van der Waals surface area contributed by atoms with Crippen LogP contribution in [0.1, 0.15) is 15.9 Å². The van der Waals surface area contributed by atoms with Crippen LogP contribution in [0.5, 0.6) is 11.5 Å². The Morgan fingerprint density at radius 2 is 1.71 bits per heavy atom. The van der Waals surface area contributed by atoms with E-state index in [9.17, 15) is 9.90 Å². The summed E-state index contributed by atoms with van der Waals surface area (Å²) < 4.78 is 5.70. The monoisotopic (exact) mass is 356 g/mol. The van der Waals surface area contributed by atoms with Crippen LogP contribution in [0.2, 0.25) is 10.0 Å². The lowest BCUT2D eigenvalue weighted by atomic mass is 10.0. The van der Waals surface area contributed by atoms with Crippen LogP contribution < -0.4 is 4.74 Å². The Kier molecular flexibility index (Phi) is 3.48. The maximum atomic E-state index is 12.7. The SMILES string of the molecule is O=C1C(=Cc2cc(Cl)c(O)c(Cl)c2)Oc2ccc3ccccc3c21. The Morgan fingerprint density at radius 1 is 1.00 bits per heavy atom. The molecule has 3 aromatic rings. The minimum Gasteiger partial charge on any atom is -0.505 e. The largest absolute Gasteiger partial charge is 0.505 e. The first-order valence-corrected chi connectivity index (χ1v) is 7.94. The van der Waals surface area contributed by atoms with Gasteiger partial charge in [-0.1, -0.05) is 53.5 Å². The van der Waals surface area contributed by atoms with E-state index in [-0.39, 0.29) is 27.3 Å². The van der Waals surface area contributed by atoms with Crippen molar-refractivity contribution in [2.45, 2.75) is 0 Å². The second-order valence-corrected chi connectivity index (χ2v) is 6.25. The number of ether oxygens (including phenoxy) is 1. The molecule has 0 spiro atoms. The van der Waals surface area contributed by atoms with Crippen LogP contribution in [0, 0.1) is 0 Å². The van der Waals surface area contributed by atoms with Crippen molar-refractivity contribution in [2.24, 2.45) is 0 Å². The molecule has 0 saturated carbocycles. The first-order chi connectivity index (χ1) is 11.5. The number of carbonyl (C=O) groups excluding carboxylic acids is 1. The molecule has 0 amide bonds. The van der Waals surface area contributed by atoms with Crippen molar-refractivity contribution in [1.82, 2.24) is 0 Å². The van der Waals surface area contributed by atoms with Crippen molar-refractivity contribution in [3.05, 3.63) is 75.5 Å². The lowest BCUT2D eigenvalue weighted by Crippen LogP contribution is -1.98. The van der Waals surface area contributed by atoms with E-state index in [0.717, 1.165) is 10.8 Å². The summed E-state index contributed by atoms with van der Waals surface area (Å²) in [6, 6.07) is 14.4. The average molecular weight is 357 g/mol. The first kappa shape index (κ1) is 15.1. The van der Waals surface area contributed by atoms with Gasteiger partial charge in [-0.05, 0) is 40.6 Å². The third-order valence-corrected chi connectivity index (χ3v) is 4.47. The number of benzene rings is 3. The van der Waals surface area contributed by atoms with E-state index < -0.39 is 0 Å². The quantitative estimate of drug-likeness (QED) is 0.588. The zero-order valence-corrected chi connectivity index (χ0v) is 13.7. The smallest absolute Gasteiger partial charge is 0.232 e. The molecule has 0 saturated heterocycles. The van der Waals surface area contributed by atoms with Crippen molar-refractivity contribution in [3.63, 3.8) is 0 Å². The molecule has 5 heteroatoms. The van der Waals surface area contributed by atoms with Crippen molar-refractivity contribution in [3.8, 4) is 11.5 Å². The molecule has 24 heavy (non-hydrogen) atoms. The number of hydrogen-bond donors (Lipinski definition) is 1. The number of ketones is 1. The molecule has 0 radical (unpaired) electrons. The maximum absolute atomic E-state index is 12.7. The highest BCUT2D eigenvalue weighted by molar-refractivity contribution is 6.37. The number of hydrogen-bond acceptors (Lipinski definition) is 3. The number of carbonyl (C=O) groups is 1. The van der Waals surface area contributed by atoms with Crippen LogP contribution in [-0.4, -0.2) is 10.9 Å². The predicted molar refractivity (Wildman–Crippen MR) is 95.0 cm³/mol. The third-order valence-electron chi connectivity index (χ3n) is 3.90. The van der Waals surface area contributed by atoms with Gasteiger partial charge in [-0.15, -0.1) is 0 Å². The zero-order valence-electron chi connectivity index (χ0n) is 12.2. The standard InChI is InChI=1S/C19H10Cl2O3/c20-13-7-10(8-14(21)18(13)22)9-16-19(23)17-12-4-2-1-3-11(12)5-6-15(17)24-16/h1-9,22H. The Balaban J connectivity index is 1.82. The normalized spacial score (nSPS) is 14.9. The lowest BCUT2D eigenvalue weighted by molar-refractivity contribution is 0.101. The van der Waals surface area contributed by atoms with Gasteiger partial charge < -0.3 is 9.84 Å². The van der Waals surface area contributed by atoms with Crippen molar-refractivity contribution >= 4 is 45.8 Å².